The van der Waals surface area contributed by atoms with Crippen molar-refractivity contribution < 1.29 is 14.6 Å². The fourth-order valence-corrected chi connectivity index (χ4v) is 2.80. The van der Waals surface area contributed by atoms with Crippen molar-refractivity contribution in [3.05, 3.63) is 28.2 Å². The molecule has 1 heterocycles. The topological polar surface area (TPSA) is 38.7 Å². The lowest BCUT2D eigenvalue weighted by molar-refractivity contribution is -0.0158. The second-order valence-electron chi connectivity index (χ2n) is 4.90. The molecule has 0 amide bonds. The van der Waals surface area contributed by atoms with Crippen molar-refractivity contribution in [3.63, 3.8) is 0 Å². The van der Waals surface area contributed by atoms with Crippen molar-refractivity contribution in [2.24, 2.45) is 5.41 Å². The van der Waals surface area contributed by atoms with Crippen LogP contribution in [0.1, 0.15) is 18.4 Å². The minimum Gasteiger partial charge on any atom is -0.497 e. The van der Waals surface area contributed by atoms with E-state index in [1.54, 1.807) is 7.11 Å². The number of hydrogen-bond donors (Lipinski definition) is 1. The summed E-state index contributed by atoms with van der Waals surface area (Å²) in [5, 5.41) is 9.72. The first-order chi connectivity index (χ1) is 8.69. The molecule has 18 heavy (non-hydrogen) atoms. The van der Waals surface area contributed by atoms with E-state index >= 15 is 0 Å². The molecule has 0 unspecified atom stereocenters. The van der Waals surface area contributed by atoms with Crippen LogP contribution in [0.5, 0.6) is 5.75 Å². The third kappa shape index (κ3) is 3.05. The van der Waals surface area contributed by atoms with Gasteiger partial charge in [0, 0.05) is 29.7 Å². The van der Waals surface area contributed by atoms with Gasteiger partial charge in [0.2, 0.25) is 0 Å². The lowest BCUT2D eigenvalue weighted by Gasteiger charge is -2.36. The Kier molecular flexibility index (Phi) is 4.65. The van der Waals surface area contributed by atoms with Gasteiger partial charge in [-0.15, -0.1) is 0 Å². The zero-order chi connectivity index (χ0) is 13.0. The van der Waals surface area contributed by atoms with Crippen molar-refractivity contribution in [1.29, 1.82) is 0 Å². The van der Waals surface area contributed by atoms with Gasteiger partial charge in [0.25, 0.3) is 0 Å². The molecule has 0 aliphatic carbocycles. The van der Waals surface area contributed by atoms with E-state index in [-0.39, 0.29) is 12.0 Å². The lowest BCUT2D eigenvalue weighted by Crippen LogP contribution is -2.35. The van der Waals surface area contributed by atoms with Crippen LogP contribution >= 0.6 is 15.9 Å². The highest BCUT2D eigenvalue weighted by Crippen LogP contribution is 2.36. The van der Waals surface area contributed by atoms with Gasteiger partial charge >= 0.3 is 0 Å². The predicted molar refractivity (Wildman–Crippen MR) is 74.0 cm³/mol. The number of methoxy groups -OCH3 is 1. The van der Waals surface area contributed by atoms with Crippen molar-refractivity contribution in [2.75, 3.05) is 26.9 Å². The summed E-state index contributed by atoms with van der Waals surface area (Å²) >= 11 is 3.57. The third-order valence-corrected chi connectivity index (χ3v) is 4.48. The van der Waals surface area contributed by atoms with Crippen LogP contribution in [0.3, 0.4) is 0 Å². The van der Waals surface area contributed by atoms with E-state index in [4.69, 9.17) is 9.47 Å². The van der Waals surface area contributed by atoms with Gasteiger partial charge in [0.05, 0.1) is 7.11 Å². The fourth-order valence-electron chi connectivity index (χ4n) is 2.41. The maximum absolute atomic E-state index is 9.72. The molecule has 1 aliphatic rings. The molecule has 1 aliphatic heterocycles. The Morgan fingerprint density at radius 3 is 2.72 bits per heavy atom. The molecule has 3 nitrogen and oxygen atoms in total. The average Bonchev–Trinajstić information content (AvgIpc) is 2.42. The molecule has 0 spiro atoms. The molecule has 0 atom stereocenters. The molecule has 1 aromatic rings. The predicted octanol–water partition coefficient (Wildman–Crippen LogP) is 2.79. The van der Waals surface area contributed by atoms with E-state index < -0.39 is 0 Å². The van der Waals surface area contributed by atoms with Crippen LogP contribution in [-0.2, 0) is 11.2 Å². The summed E-state index contributed by atoms with van der Waals surface area (Å²) in [5.74, 6) is 0.855. The summed E-state index contributed by atoms with van der Waals surface area (Å²) in [7, 11) is 1.67. The summed E-state index contributed by atoms with van der Waals surface area (Å²) in [6, 6.07) is 5.97. The molecule has 0 saturated carbocycles. The van der Waals surface area contributed by atoms with E-state index in [9.17, 15) is 5.11 Å². The molecule has 1 aromatic carbocycles. The number of aliphatic hydroxyl groups is 1. The standard InChI is InChI=1S/C14H19BrO3/c1-17-12-2-3-13(15)11(8-12)9-14(10-16)4-6-18-7-5-14/h2-3,8,16H,4-7,9-10H2,1H3. The van der Waals surface area contributed by atoms with E-state index in [0.717, 1.165) is 42.7 Å². The first-order valence-electron chi connectivity index (χ1n) is 6.20. The van der Waals surface area contributed by atoms with Crippen LogP contribution in [0.2, 0.25) is 0 Å². The van der Waals surface area contributed by atoms with E-state index in [1.165, 1.54) is 5.56 Å². The Hall–Kier alpha value is -0.580. The maximum atomic E-state index is 9.72. The molecule has 0 bridgehead atoms. The lowest BCUT2D eigenvalue weighted by atomic mass is 9.76. The van der Waals surface area contributed by atoms with Crippen LogP contribution < -0.4 is 4.74 Å². The maximum Gasteiger partial charge on any atom is 0.119 e. The van der Waals surface area contributed by atoms with Gasteiger partial charge in [-0.25, -0.2) is 0 Å². The number of hydrogen-bond acceptors (Lipinski definition) is 3. The van der Waals surface area contributed by atoms with Gasteiger partial charge in [-0.3, -0.25) is 0 Å². The van der Waals surface area contributed by atoms with Gasteiger partial charge < -0.3 is 14.6 Å². The molecule has 1 saturated heterocycles. The van der Waals surface area contributed by atoms with Crippen molar-refractivity contribution in [1.82, 2.24) is 0 Å². The second kappa shape index (κ2) is 6.04. The monoisotopic (exact) mass is 314 g/mol. The molecule has 2 rings (SSSR count). The molecule has 100 valence electrons. The zero-order valence-corrected chi connectivity index (χ0v) is 12.2. The Morgan fingerprint density at radius 1 is 1.39 bits per heavy atom. The largest absolute Gasteiger partial charge is 0.497 e. The van der Waals surface area contributed by atoms with Crippen molar-refractivity contribution >= 4 is 15.9 Å². The van der Waals surface area contributed by atoms with Gasteiger partial charge in [0.15, 0.2) is 0 Å². The second-order valence-corrected chi connectivity index (χ2v) is 5.76. The third-order valence-electron chi connectivity index (χ3n) is 3.71. The van der Waals surface area contributed by atoms with Crippen LogP contribution in [0.15, 0.2) is 22.7 Å². The molecule has 1 fully saturated rings. The first-order valence-corrected chi connectivity index (χ1v) is 6.99. The Bertz CT molecular complexity index is 400. The molecular formula is C14H19BrO3. The van der Waals surface area contributed by atoms with Crippen LogP contribution in [0, 0.1) is 5.41 Å². The molecule has 0 radical (unpaired) electrons. The molecule has 1 N–H and O–H groups in total. The SMILES string of the molecule is COc1ccc(Br)c(CC2(CO)CCOCC2)c1. The van der Waals surface area contributed by atoms with E-state index in [1.807, 2.05) is 18.2 Å². The number of benzene rings is 1. The number of ether oxygens (including phenoxy) is 2. The molecular weight excluding hydrogens is 296 g/mol. The Labute approximate surface area is 116 Å². The van der Waals surface area contributed by atoms with Gasteiger partial charge in [-0.2, -0.15) is 0 Å². The highest BCUT2D eigenvalue weighted by molar-refractivity contribution is 9.10. The fraction of sp³-hybridized carbons (Fsp3) is 0.571. The van der Waals surface area contributed by atoms with Crippen LogP contribution in [0.25, 0.3) is 0 Å². The Morgan fingerprint density at radius 2 is 2.11 bits per heavy atom. The smallest absolute Gasteiger partial charge is 0.119 e. The van der Waals surface area contributed by atoms with Crippen LogP contribution in [0.4, 0.5) is 0 Å². The highest BCUT2D eigenvalue weighted by atomic mass is 79.9. The number of halogens is 1. The van der Waals surface area contributed by atoms with Crippen molar-refractivity contribution in [2.45, 2.75) is 19.3 Å². The normalized spacial score (nSPS) is 18.6. The van der Waals surface area contributed by atoms with E-state index in [0.29, 0.717) is 0 Å². The minimum absolute atomic E-state index is 0.0485. The molecule has 0 aromatic heterocycles. The van der Waals surface area contributed by atoms with Gasteiger partial charge in [-0.1, -0.05) is 15.9 Å². The summed E-state index contributed by atoms with van der Waals surface area (Å²) in [5.41, 5.74) is 1.14. The van der Waals surface area contributed by atoms with Gasteiger partial charge in [0.1, 0.15) is 5.75 Å². The average molecular weight is 315 g/mol. The quantitative estimate of drug-likeness (QED) is 0.928. The summed E-state index contributed by atoms with van der Waals surface area (Å²) in [6.07, 6.45) is 2.67. The summed E-state index contributed by atoms with van der Waals surface area (Å²) < 4.78 is 11.7. The van der Waals surface area contributed by atoms with Gasteiger partial charge in [-0.05, 0) is 43.0 Å². The molecule has 4 heteroatoms. The first kappa shape index (κ1) is 13.8. The summed E-state index contributed by atoms with van der Waals surface area (Å²) in [6.45, 7) is 1.68. The van der Waals surface area contributed by atoms with Crippen LogP contribution in [-0.4, -0.2) is 32.0 Å². The minimum atomic E-state index is -0.0485. The zero-order valence-electron chi connectivity index (χ0n) is 10.6. The van der Waals surface area contributed by atoms with Crippen molar-refractivity contribution in [3.8, 4) is 5.75 Å². The highest BCUT2D eigenvalue weighted by Gasteiger charge is 2.32. The number of aliphatic hydroxyl groups excluding tert-OH is 1. The number of rotatable bonds is 4. The Balaban J connectivity index is 2.20. The van der Waals surface area contributed by atoms with E-state index in [2.05, 4.69) is 15.9 Å². The summed E-state index contributed by atoms with van der Waals surface area (Å²) in [4.78, 5) is 0.